The number of amides is 2. The Hall–Kier alpha value is -3.23. The lowest BCUT2D eigenvalue weighted by atomic mass is 10.0. The number of aryl methyl sites for hydroxylation is 2. The molecule has 4 rings (SSSR count). The van der Waals surface area contributed by atoms with Gasteiger partial charge in [0.2, 0.25) is 0 Å². The van der Waals surface area contributed by atoms with Crippen molar-refractivity contribution in [3.8, 4) is 5.69 Å². The van der Waals surface area contributed by atoms with E-state index in [-0.39, 0.29) is 17.6 Å². The zero-order valence-corrected chi connectivity index (χ0v) is 15.6. The van der Waals surface area contributed by atoms with E-state index in [9.17, 15) is 13.6 Å². The number of hydrogen-bond acceptors (Lipinski definition) is 3. The van der Waals surface area contributed by atoms with Gasteiger partial charge >= 0.3 is 6.03 Å². The maximum absolute atomic E-state index is 14.0. The number of benzene rings is 1. The number of anilines is 1. The van der Waals surface area contributed by atoms with Gasteiger partial charge in [-0.1, -0.05) is 0 Å². The average molecular weight is 386 g/mol. The summed E-state index contributed by atoms with van der Waals surface area (Å²) in [5.74, 6) is -0.803. The summed E-state index contributed by atoms with van der Waals surface area (Å²) in [6.07, 6.45) is 4.66. The smallest absolute Gasteiger partial charge is 0.323 e. The molecule has 3 heterocycles. The first-order valence-corrected chi connectivity index (χ1v) is 8.97. The molecule has 146 valence electrons. The molecule has 0 saturated carbocycles. The van der Waals surface area contributed by atoms with Gasteiger partial charge in [-0.2, -0.15) is 5.10 Å². The van der Waals surface area contributed by atoms with E-state index in [1.165, 1.54) is 16.8 Å². The van der Waals surface area contributed by atoms with Crippen LogP contribution >= 0.6 is 0 Å². The van der Waals surface area contributed by atoms with Crippen molar-refractivity contribution in [2.75, 3.05) is 18.4 Å². The van der Waals surface area contributed by atoms with Crippen molar-refractivity contribution in [3.63, 3.8) is 0 Å². The van der Waals surface area contributed by atoms with E-state index in [0.717, 1.165) is 18.1 Å². The number of nitrogens with zero attached hydrogens (tertiary/aromatic N) is 5. The Bertz CT molecular complexity index is 1030. The van der Waals surface area contributed by atoms with Crippen LogP contribution in [-0.2, 0) is 7.05 Å². The van der Waals surface area contributed by atoms with Gasteiger partial charge in [0.25, 0.3) is 0 Å². The average Bonchev–Trinajstić information content (AvgIpc) is 3.35. The van der Waals surface area contributed by atoms with Crippen LogP contribution in [0.5, 0.6) is 0 Å². The summed E-state index contributed by atoms with van der Waals surface area (Å²) < 4.78 is 30.3. The fourth-order valence-electron chi connectivity index (χ4n) is 3.49. The first-order valence-electron chi connectivity index (χ1n) is 8.97. The molecule has 1 fully saturated rings. The summed E-state index contributed by atoms with van der Waals surface area (Å²) >= 11 is 0. The zero-order valence-electron chi connectivity index (χ0n) is 15.6. The predicted molar refractivity (Wildman–Crippen MR) is 99.4 cm³/mol. The van der Waals surface area contributed by atoms with Gasteiger partial charge in [0.1, 0.15) is 11.5 Å². The Morgan fingerprint density at radius 3 is 2.82 bits per heavy atom. The summed E-state index contributed by atoms with van der Waals surface area (Å²) in [6.45, 7) is 2.97. The Morgan fingerprint density at radius 2 is 2.11 bits per heavy atom. The largest absolute Gasteiger partial charge is 0.324 e. The third-order valence-corrected chi connectivity index (χ3v) is 4.93. The van der Waals surface area contributed by atoms with Crippen LogP contribution in [0.4, 0.5) is 19.4 Å². The lowest BCUT2D eigenvalue weighted by Gasteiger charge is -2.16. The van der Waals surface area contributed by atoms with Gasteiger partial charge in [0.05, 0.1) is 6.20 Å². The Labute approximate surface area is 160 Å². The van der Waals surface area contributed by atoms with Gasteiger partial charge < -0.3 is 4.90 Å². The van der Waals surface area contributed by atoms with Crippen LogP contribution in [0.1, 0.15) is 23.6 Å². The van der Waals surface area contributed by atoms with Gasteiger partial charge in [-0.3, -0.25) is 10.00 Å². The van der Waals surface area contributed by atoms with Crippen molar-refractivity contribution in [2.45, 2.75) is 19.3 Å². The monoisotopic (exact) mass is 386 g/mol. The minimum atomic E-state index is -0.720. The van der Waals surface area contributed by atoms with E-state index in [0.29, 0.717) is 24.6 Å². The highest BCUT2D eigenvalue weighted by molar-refractivity contribution is 5.88. The number of carbonyl (C=O) groups is 1. The highest BCUT2D eigenvalue weighted by atomic mass is 19.1. The third kappa shape index (κ3) is 3.47. The molecular weight excluding hydrogens is 366 g/mol. The topological polar surface area (TPSA) is 68.0 Å². The number of halogens is 2. The van der Waals surface area contributed by atoms with Crippen molar-refractivity contribution < 1.29 is 13.6 Å². The van der Waals surface area contributed by atoms with Crippen LogP contribution in [0, 0.1) is 18.6 Å². The number of likely N-dealkylation sites (tertiary alicyclic amines) is 1. The molecular formula is C19H20F2N6O. The molecule has 0 radical (unpaired) electrons. The van der Waals surface area contributed by atoms with Crippen LogP contribution < -0.4 is 5.32 Å². The number of rotatable bonds is 3. The standard InChI is InChI=1S/C19H20F2N6O/c1-12-7-18(24-27(12)17-4-3-15(20)8-16(17)21)23-19(28)26-6-5-13(11-26)14-9-22-25(2)10-14/h3-4,7-10,13H,5-6,11H2,1-2H3,(H,23,24,28). The first-order chi connectivity index (χ1) is 13.4. The summed E-state index contributed by atoms with van der Waals surface area (Å²) in [6, 6.07) is 4.68. The van der Waals surface area contributed by atoms with Gasteiger partial charge in [0.15, 0.2) is 11.6 Å². The van der Waals surface area contributed by atoms with E-state index >= 15 is 0 Å². The molecule has 7 nitrogen and oxygen atoms in total. The van der Waals surface area contributed by atoms with Crippen molar-refractivity contribution in [1.29, 1.82) is 0 Å². The minimum absolute atomic E-state index is 0.122. The van der Waals surface area contributed by atoms with E-state index in [1.54, 1.807) is 22.6 Å². The van der Waals surface area contributed by atoms with Crippen molar-refractivity contribution in [1.82, 2.24) is 24.5 Å². The van der Waals surface area contributed by atoms with Crippen LogP contribution in [0.2, 0.25) is 0 Å². The molecule has 1 aromatic carbocycles. The number of nitrogens with one attached hydrogen (secondary N) is 1. The molecule has 2 aromatic heterocycles. The molecule has 0 bridgehead atoms. The van der Waals surface area contributed by atoms with E-state index in [2.05, 4.69) is 15.5 Å². The first kappa shape index (κ1) is 18.1. The van der Waals surface area contributed by atoms with Gasteiger partial charge in [0, 0.05) is 50.1 Å². The summed E-state index contributed by atoms with van der Waals surface area (Å²) in [4.78, 5) is 14.3. The van der Waals surface area contributed by atoms with Gasteiger partial charge in [-0.05, 0) is 31.0 Å². The number of urea groups is 1. The Morgan fingerprint density at radius 1 is 1.29 bits per heavy atom. The Balaban J connectivity index is 1.45. The van der Waals surface area contributed by atoms with Crippen LogP contribution in [0.15, 0.2) is 36.7 Å². The van der Waals surface area contributed by atoms with Crippen LogP contribution in [-0.4, -0.2) is 43.6 Å². The molecule has 1 aliphatic rings. The highest BCUT2D eigenvalue weighted by Crippen LogP contribution is 2.27. The Kier molecular flexibility index (Phi) is 4.58. The fourth-order valence-corrected chi connectivity index (χ4v) is 3.49. The maximum Gasteiger partial charge on any atom is 0.323 e. The van der Waals surface area contributed by atoms with Crippen molar-refractivity contribution >= 4 is 11.8 Å². The molecule has 0 spiro atoms. The van der Waals surface area contributed by atoms with Gasteiger partial charge in [-0.25, -0.2) is 18.3 Å². The highest BCUT2D eigenvalue weighted by Gasteiger charge is 2.28. The third-order valence-electron chi connectivity index (χ3n) is 4.93. The number of hydrogen-bond donors (Lipinski definition) is 1. The molecule has 2 amide bonds. The molecule has 0 aliphatic carbocycles. The van der Waals surface area contributed by atoms with Crippen LogP contribution in [0.3, 0.4) is 0 Å². The molecule has 1 aliphatic heterocycles. The summed E-state index contributed by atoms with van der Waals surface area (Å²) in [5.41, 5.74) is 1.86. The lowest BCUT2D eigenvalue weighted by molar-refractivity contribution is 0.222. The zero-order chi connectivity index (χ0) is 19.8. The summed E-state index contributed by atoms with van der Waals surface area (Å²) in [7, 11) is 1.87. The van der Waals surface area contributed by atoms with Crippen molar-refractivity contribution in [3.05, 3.63) is 59.6 Å². The fraction of sp³-hybridized carbons (Fsp3) is 0.316. The molecule has 28 heavy (non-hydrogen) atoms. The molecule has 1 saturated heterocycles. The van der Waals surface area contributed by atoms with Crippen LogP contribution in [0.25, 0.3) is 5.69 Å². The normalized spacial score (nSPS) is 16.6. The minimum Gasteiger partial charge on any atom is -0.324 e. The van der Waals surface area contributed by atoms with E-state index in [4.69, 9.17) is 0 Å². The quantitative estimate of drug-likeness (QED) is 0.752. The molecule has 3 aromatic rings. The van der Waals surface area contributed by atoms with E-state index < -0.39 is 11.6 Å². The van der Waals surface area contributed by atoms with Crippen molar-refractivity contribution in [2.24, 2.45) is 7.05 Å². The molecule has 1 unspecified atom stereocenters. The number of carbonyl (C=O) groups excluding carboxylic acids is 1. The number of aromatic nitrogens is 4. The molecule has 1 atom stereocenters. The SMILES string of the molecule is Cc1cc(NC(=O)N2CCC(c3cnn(C)c3)C2)nn1-c1ccc(F)cc1F. The second-order valence-corrected chi connectivity index (χ2v) is 6.99. The van der Waals surface area contributed by atoms with E-state index in [1.807, 2.05) is 19.4 Å². The van der Waals surface area contributed by atoms with Gasteiger partial charge in [-0.15, -0.1) is 5.10 Å². The second-order valence-electron chi connectivity index (χ2n) is 6.99. The second kappa shape index (κ2) is 7.06. The molecule has 9 heteroatoms. The predicted octanol–water partition coefficient (Wildman–Crippen LogP) is 3.21. The lowest BCUT2D eigenvalue weighted by Crippen LogP contribution is -2.33. The summed E-state index contributed by atoms with van der Waals surface area (Å²) in [5, 5.41) is 11.2. The maximum atomic E-state index is 14.0. The molecule has 1 N–H and O–H groups in total.